The van der Waals surface area contributed by atoms with Crippen LogP contribution in [0.3, 0.4) is 0 Å². The summed E-state index contributed by atoms with van der Waals surface area (Å²) < 4.78 is 45.3. The minimum atomic E-state index is -4.44. The van der Waals surface area contributed by atoms with Gasteiger partial charge in [-0.3, -0.25) is 4.68 Å². The minimum Gasteiger partial charge on any atom is -0.398 e. The summed E-state index contributed by atoms with van der Waals surface area (Å²) in [5, 5.41) is 4.32. The maximum absolute atomic E-state index is 12.7. The van der Waals surface area contributed by atoms with Crippen molar-refractivity contribution >= 4 is 5.69 Å². The van der Waals surface area contributed by atoms with Crippen molar-refractivity contribution in [3.8, 4) is 11.1 Å². The standard InChI is InChI=1S/C15H16F3N3O/c16-15(17,18)13-2-1-10(7-14(13)19)11-8-20-21(9-11)12-3-5-22-6-4-12/h1-2,7-9,12H,3-6,19H2. The predicted octanol–water partition coefficient (Wildman–Crippen LogP) is 3.50. The summed E-state index contributed by atoms with van der Waals surface area (Å²) in [4.78, 5) is 0. The van der Waals surface area contributed by atoms with Gasteiger partial charge in [-0.2, -0.15) is 18.3 Å². The minimum absolute atomic E-state index is 0.272. The van der Waals surface area contributed by atoms with Crippen LogP contribution in [0.15, 0.2) is 30.6 Å². The van der Waals surface area contributed by atoms with Crippen molar-refractivity contribution < 1.29 is 17.9 Å². The van der Waals surface area contributed by atoms with Crippen LogP contribution in [0, 0.1) is 0 Å². The maximum atomic E-state index is 12.7. The quantitative estimate of drug-likeness (QED) is 0.864. The number of anilines is 1. The Kier molecular flexibility index (Phi) is 3.82. The fourth-order valence-electron chi connectivity index (χ4n) is 2.64. The number of hydrogen-bond donors (Lipinski definition) is 1. The summed E-state index contributed by atoms with van der Waals surface area (Å²) in [5.41, 5.74) is 5.83. The van der Waals surface area contributed by atoms with Crippen LogP contribution in [0.25, 0.3) is 11.1 Å². The zero-order valence-corrected chi connectivity index (χ0v) is 11.8. The molecule has 2 N–H and O–H groups in total. The average Bonchev–Trinajstić information content (AvgIpc) is 2.96. The Bertz CT molecular complexity index is 660. The molecule has 0 saturated carbocycles. The highest BCUT2D eigenvalue weighted by molar-refractivity contribution is 5.68. The van der Waals surface area contributed by atoms with Crippen LogP contribution in [0.2, 0.25) is 0 Å². The number of aromatic nitrogens is 2. The Labute approximate surface area is 125 Å². The normalized spacial score (nSPS) is 16.9. The zero-order chi connectivity index (χ0) is 15.7. The van der Waals surface area contributed by atoms with Crippen LogP contribution in [-0.4, -0.2) is 23.0 Å². The molecule has 1 fully saturated rings. The molecule has 4 nitrogen and oxygen atoms in total. The SMILES string of the molecule is Nc1cc(-c2cnn(C3CCOCC3)c2)ccc1C(F)(F)F. The van der Waals surface area contributed by atoms with Crippen LogP contribution in [0.5, 0.6) is 0 Å². The first-order chi connectivity index (χ1) is 10.4. The maximum Gasteiger partial charge on any atom is 0.418 e. The van der Waals surface area contributed by atoms with Crippen molar-refractivity contribution in [1.82, 2.24) is 9.78 Å². The molecule has 1 aliphatic heterocycles. The third-order valence-corrected chi connectivity index (χ3v) is 3.86. The van der Waals surface area contributed by atoms with E-state index in [1.807, 2.05) is 10.9 Å². The Morgan fingerprint density at radius 2 is 1.91 bits per heavy atom. The number of rotatable bonds is 2. The Morgan fingerprint density at radius 3 is 2.55 bits per heavy atom. The fraction of sp³-hybridized carbons (Fsp3) is 0.400. The fourth-order valence-corrected chi connectivity index (χ4v) is 2.64. The van der Waals surface area contributed by atoms with Gasteiger partial charge < -0.3 is 10.5 Å². The van der Waals surface area contributed by atoms with E-state index in [-0.39, 0.29) is 11.7 Å². The second-order valence-corrected chi connectivity index (χ2v) is 5.35. The molecule has 0 radical (unpaired) electrons. The second-order valence-electron chi connectivity index (χ2n) is 5.35. The second kappa shape index (κ2) is 5.64. The van der Waals surface area contributed by atoms with E-state index in [1.54, 1.807) is 6.20 Å². The molecule has 0 aliphatic carbocycles. The summed E-state index contributed by atoms with van der Waals surface area (Å²) in [6.45, 7) is 1.40. The first-order valence-corrected chi connectivity index (χ1v) is 7.04. The molecule has 1 aliphatic rings. The van der Waals surface area contributed by atoms with Crippen molar-refractivity contribution in [3.05, 3.63) is 36.2 Å². The number of benzene rings is 1. The van der Waals surface area contributed by atoms with E-state index < -0.39 is 11.7 Å². The first kappa shape index (κ1) is 14.9. The van der Waals surface area contributed by atoms with Gasteiger partial charge in [-0.15, -0.1) is 0 Å². The van der Waals surface area contributed by atoms with E-state index in [4.69, 9.17) is 10.5 Å². The number of ether oxygens (including phenoxy) is 1. The van der Waals surface area contributed by atoms with Crippen LogP contribution < -0.4 is 5.73 Å². The van der Waals surface area contributed by atoms with E-state index in [0.717, 1.165) is 24.5 Å². The number of halogens is 3. The van der Waals surface area contributed by atoms with Gasteiger partial charge in [-0.1, -0.05) is 6.07 Å². The van der Waals surface area contributed by atoms with Gasteiger partial charge in [0, 0.05) is 30.7 Å². The van der Waals surface area contributed by atoms with Gasteiger partial charge >= 0.3 is 6.18 Å². The third-order valence-electron chi connectivity index (χ3n) is 3.86. The highest BCUT2D eigenvalue weighted by Gasteiger charge is 2.32. The largest absolute Gasteiger partial charge is 0.418 e. The van der Waals surface area contributed by atoms with E-state index in [9.17, 15) is 13.2 Å². The lowest BCUT2D eigenvalue weighted by molar-refractivity contribution is -0.136. The lowest BCUT2D eigenvalue weighted by Gasteiger charge is -2.22. The molecule has 0 atom stereocenters. The molecule has 2 heterocycles. The lowest BCUT2D eigenvalue weighted by atomic mass is 10.0. The molecule has 3 rings (SSSR count). The zero-order valence-electron chi connectivity index (χ0n) is 11.8. The third kappa shape index (κ3) is 2.94. The number of alkyl halides is 3. The van der Waals surface area contributed by atoms with Crippen LogP contribution in [-0.2, 0) is 10.9 Å². The highest BCUT2D eigenvalue weighted by atomic mass is 19.4. The average molecular weight is 311 g/mol. The summed E-state index contributed by atoms with van der Waals surface area (Å²) in [6, 6.07) is 4.05. The first-order valence-electron chi connectivity index (χ1n) is 7.04. The number of nitrogens with zero attached hydrogens (tertiary/aromatic N) is 2. The van der Waals surface area contributed by atoms with Crippen molar-refractivity contribution in [3.63, 3.8) is 0 Å². The number of nitrogen functional groups attached to an aromatic ring is 1. The topological polar surface area (TPSA) is 53.1 Å². The molecule has 2 aromatic rings. The van der Waals surface area contributed by atoms with Gasteiger partial charge in [0.25, 0.3) is 0 Å². The molecule has 0 bridgehead atoms. The molecule has 7 heteroatoms. The summed E-state index contributed by atoms with van der Waals surface area (Å²) >= 11 is 0. The van der Waals surface area contributed by atoms with Gasteiger partial charge in [0.2, 0.25) is 0 Å². The van der Waals surface area contributed by atoms with E-state index in [2.05, 4.69) is 5.10 Å². The molecule has 1 saturated heterocycles. The van der Waals surface area contributed by atoms with E-state index in [0.29, 0.717) is 18.8 Å². The lowest BCUT2D eigenvalue weighted by Crippen LogP contribution is -2.19. The number of nitrogens with two attached hydrogens (primary N) is 1. The van der Waals surface area contributed by atoms with Crippen molar-refractivity contribution in [2.45, 2.75) is 25.1 Å². The van der Waals surface area contributed by atoms with Gasteiger partial charge in [0.05, 0.1) is 17.8 Å². The van der Waals surface area contributed by atoms with Gasteiger partial charge in [0.1, 0.15) is 0 Å². The molecule has 118 valence electrons. The van der Waals surface area contributed by atoms with Crippen LogP contribution in [0.4, 0.5) is 18.9 Å². The van der Waals surface area contributed by atoms with Crippen LogP contribution in [0.1, 0.15) is 24.4 Å². The molecule has 0 unspecified atom stereocenters. The smallest absolute Gasteiger partial charge is 0.398 e. The van der Waals surface area contributed by atoms with Crippen molar-refractivity contribution in [2.75, 3.05) is 18.9 Å². The molecule has 1 aromatic carbocycles. The molecule has 0 amide bonds. The highest BCUT2D eigenvalue weighted by Crippen LogP contribution is 2.35. The molecule has 0 spiro atoms. The predicted molar refractivity (Wildman–Crippen MR) is 76.2 cm³/mol. The molecule has 22 heavy (non-hydrogen) atoms. The van der Waals surface area contributed by atoms with Crippen molar-refractivity contribution in [1.29, 1.82) is 0 Å². The van der Waals surface area contributed by atoms with Gasteiger partial charge in [-0.25, -0.2) is 0 Å². The van der Waals surface area contributed by atoms with E-state index >= 15 is 0 Å². The summed E-state index contributed by atoms with van der Waals surface area (Å²) in [6.07, 6.45) is 0.830. The van der Waals surface area contributed by atoms with Crippen LogP contribution >= 0.6 is 0 Å². The Morgan fingerprint density at radius 1 is 1.18 bits per heavy atom. The molecular weight excluding hydrogens is 295 g/mol. The van der Waals surface area contributed by atoms with Gasteiger partial charge in [0.15, 0.2) is 0 Å². The summed E-state index contributed by atoms with van der Waals surface area (Å²) in [5.74, 6) is 0. The van der Waals surface area contributed by atoms with Crippen molar-refractivity contribution in [2.24, 2.45) is 0 Å². The van der Waals surface area contributed by atoms with Gasteiger partial charge in [-0.05, 0) is 30.5 Å². The molecule has 1 aromatic heterocycles. The Hall–Kier alpha value is -2.02. The number of hydrogen-bond acceptors (Lipinski definition) is 3. The Balaban J connectivity index is 1.85. The molecular formula is C15H16F3N3O. The monoisotopic (exact) mass is 311 g/mol. The van der Waals surface area contributed by atoms with E-state index in [1.165, 1.54) is 12.1 Å². The summed E-state index contributed by atoms with van der Waals surface area (Å²) in [7, 11) is 0.